The second-order valence-corrected chi connectivity index (χ2v) is 4.18. The van der Waals surface area contributed by atoms with Crippen LogP contribution < -0.4 is 11.1 Å². The monoisotopic (exact) mass is 286 g/mol. The molecule has 0 saturated carbocycles. The molecule has 1 heterocycles. The third kappa shape index (κ3) is 4.80. The molecule has 3 N–H and O–H groups in total. The molecule has 1 aliphatic heterocycles. The lowest BCUT2D eigenvalue weighted by Crippen LogP contribution is -2.39. The van der Waals surface area contributed by atoms with E-state index in [4.69, 9.17) is 15.2 Å². The predicted molar refractivity (Wildman–Crippen MR) is 74.5 cm³/mol. The second-order valence-electron chi connectivity index (χ2n) is 4.18. The fourth-order valence-electron chi connectivity index (χ4n) is 1.76. The van der Waals surface area contributed by atoms with Gasteiger partial charge < -0.3 is 20.5 Å². The van der Waals surface area contributed by atoms with Crippen molar-refractivity contribution in [3.63, 3.8) is 0 Å². The first kappa shape index (κ1) is 15.9. The van der Waals surface area contributed by atoms with Crippen molar-refractivity contribution in [1.82, 2.24) is 5.32 Å². The van der Waals surface area contributed by atoms with Gasteiger partial charge in [0, 0.05) is 18.7 Å². The van der Waals surface area contributed by atoms with Gasteiger partial charge in [0.05, 0.1) is 25.9 Å². The van der Waals surface area contributed by atoms with Crippen LogP contribution in [0.1, 0.15) is 15.9 Å². The lowest BCUT2D eigenvalue weighted by molar-refractivity contribution is -0.0855. The Morgan fingerprint density at radius 3 is 2.63 bits per heavy atom. The summed E-state index contributed by atoms with van der Waals surface area (Å²) in [4.78, 5) is 11.8. The molecule has 1 atom stereocenters. The van der Waals surface area contributed by atoms with E-state index in [1.54, 1.807) is 12.1 Å². The zero-order valence-electron chi connectivity index (χ0n) is 10.6. The fourth-order valence-corrected chi connectivity index (χ4v) is 1.76. The Balaban J connectivity index is 0.00000180. The summed E-state index contributed by atoms with van der Waals surface area (Å²) in [6, 6.07) is 7.26. The molecule has 1 aliphatic rings. The van der Waals surface area contributed by atoms with Crippen molar-refractivity contribution in [1.29, 1.82) is 0 Å². The Kier molecular flexibility index (Phi) is 6.80. The number of nitrogens with one attached hydrogen (secondary N) is 1. The van der Waals surface area contributed by atoms with Crippen LogP contribution in [0, 0.1) is 0 Å². The number of ether oxygens (including phenoxy) is 2. The van der Waals surface area contributed by atoms with Crippen molar-refractivity contribution in [3.05, 3.63) is 35.4 Å². The van der Waals surface area contributed by atoms with E-state index in [2.05, 4.69) is 5.32 Å². The number of halogens is 1. The largest absolute Gasteiger partial charge is 0.376 e. The molecule has 106 valence electrons. The molecular formula is C13H19ClN2O3. The summed E-state index contributed by atoms with van der Waals surface area (Å²) in [5, 5.41) is 2.83. The zero-order chi connectivity index (χ0) is 12.8. The van der Waals surface area contributed by atoms with Gasteiger partial charge >= 0.3 is 0 Å². The maximum Gasteiger partial charge on any atom is 0.251 e. The van der Waals surface area contributed by atoms with Crippen LogP contribution in [-0.4, -0.2) is 38.4 Å². The first-order valence-electron chi connectivity index (χ1n) is 6.06. The molecule has 6 heteroatoms. The van der Waals surface area contributed by atoms with E-state index in [1.165, 1.54) is 0 Å². The maximum absolute atomic E-state index is 11.8. The SMILES string of the molecule is Cl.NCc1ccc(C(=O)NCC2COCCO2)cc1. The number of rotatable bonds is 4. The van der Waals surface area contributed by atoms with Crippen LogP contribution in [0.2, 0.25) is 0 Å². The van der Waals surface area contributed by atoms with Crippen LogP contribution in [0.4, 0.5) is 0 Å². The molecule has 1 aromatic rings. The quantitative estimate of drug-likeness (QED) is 0.855. The number of amides is 1. The molecule has 19 heavy (non-hydrogen) atoms. The number of hydrogen-bond donors (Lipinski definition) is 2. The van der Waals surface area contributed by atoms with Gasteiger partial charge in [0.15, 0.2) is 0 Å². The van der Waals surface area contributed by atoms with Crippen molar-refractivity contribution < 1.29 is 14.3 Å². The highest BCUT2D eigenvalue weighted by molar-refractivity contribution is 5.94. The molecule has 1 aromatic carbocycles. The third-order valence-corrected chi connectivity index (χ3v) is 2.83. The minimum absolute atomic E-state index is 0. The van der Waals surface area contributed by atoms with E-state index in [0.29, 0.717) is 38.5 Å². The van der Waals surface area contributed by atoms with Crippen molar-refractivity contribution in [2.75, 3.05) is 26.4 Å². The van der Waals surface area contributed by atoms with Crippen molar-refractivity contribution >= 4 is 18.3 Å². The maximum atomic E-state index is 11.8. The summed E-state index contributed by atoms with van der Waals surface area (Å²) in [6.07, 6.45) is -0.0500. The van der Waals surface area contributed by atoms with Crippen LogP contribution in [0.5, 0.6) is 0 Å². The Morgan fingerprint density at radius 1 is 1.32 bits per heavy atom. The number of carbonyl (C=O) groups excluding carboxylic acids is 1. The summed E-state index contributed by atoms with van der Waals surface area (Å²) in [7, 11) is 0. The molecule has 1 fully saturated rings. The van der Waals surface area contributed by atoms with Gasteiger partial charge in [0.1, 0.15) is 0 Å². The number of hydrogen-bond acceptors (Lipinski definition) is 4. The summed E-state index contributed by atoms with van der Waals surface area (Å²) >= 11 is 0. The third-order valence-electron chi connectivity index (χ3n) is 2.83. The molecule has 0 radical (unpaired) electrons. The molecular weight excluding hydrogens is 268 g/mol. The summed E-state index contributed by atoms with van der Waals surface area (Å²) in [6.45, 7) is 2.70. The minimum atomic E-state index is -0.104. The van der Waals surface area contributed by atoms with Gasteiger partial charge in [-0.1, -0.05) is 12.1 Å². The molecule has 2 rings (SSSR count). The first-order chi connectivity index (χ1) is 8.79. The molecule has 1 unspecified atom stereocenters. The Bertz CT molecular complexity index is 391. The standard InChI is InChI=1S/C13H18N2O3.ClH/c14-7-10-1-3-11(4-2-10)13(16)15-8-12-9-17-5-6-18-12;/h1-4,12H,5-9,14H2,(H,15,16);1H. The zero-order valence-corrected chi connectivity index (χ0v) is 11.4. The van der Waals surface area contributed by atoms with Gasteiger partial charge in [-0.25, -0.2) is 0 Å². The number of carbonyl (C=O) groups is 1. The average molecular weight is 287 g/mol. The van der Waals surface area contributed by atoms with Crippen molar-refractivity contribution in [2.45, 2.75) is 12.6 Å². The fraction of sp³-hybridized carbons (Fsp3) is 0.462. The molecule has 0 aliphatic carbocycles. The molecule has 1 amide bonds. The highest BCUT2D eigenvalue weighted by Gasteiger charge is 2.15. The minimum Gasteiger partial charge on any atom is -0.376 e. The molecule has 1 saturated heterocycles. The van der Waals surface area contributed by atoms with E-state index in [9.17, 15) is 4.79 Å². The predicted octanol–water partition coefficient (Wildman–Crippen LogP) is 0.712. The van der Waals surface area contributed by atoms with Crippen LogP contribution in [0.25, 0.3) is 0 Å². The van der Waals surface area contributed by atoms with Crippen LogP contribution in [0.3, 0.4) is 0 Å². The van der Waals surface area contributed by atoms with E-state index in [0.717, 1.165) is 5.56 Å². The number of nitrogens with two attached hydrogens (primary N) is 1. The van der Waals surface area contributed by atoms with Gasteiger partial charge in [-0.05, 0) is 17.7 Å². The molecule has 0 bridgehead atoms. The topological polar surface area (TPSA) is 73.6 Å². The number of benzene rings is 1. The lowest BCUT2D eigenvalue weighted by atomic mass is 10.1. The van der Waals surface area contributed by atoms with Crippen LogP contribution in [0.15, 0.2) is 24.3 Å². The van der Waals surface area contributed by atoms with E-state index in [1.807, 2.05) is 12.1 Å². The summed E-state index contributed by atoms with van der Waals surface area (Å²) in [5.41, 5.74) is 7.14. The van der Waals surface area contributed by atoms with Gasteiger partial charge in [-0.3, -0.25) is 4.79 Å². The molecule has 0 aromatic heterocycles. The highest BCUT2D eigenvalue weighted by Crippen LogP contribution is 2.04. The Morgan fingerprint density at radius 2 is 2.05 bits per heavy atom. The average Bonchev–Trinajstić information content (AvgIpc) is 2.46. The van der Waals surface area contributed by atoms with E-state index < -0.39 is 0 Å². The van der Waals surface area contributed by atoms with Crippen LogP contribution in [-0.2, 0) is 16.0 Å². The van der Waals surface area contributed by atoms with E-state index in [-0.39, 0.29) is 24.4 Å². The van der Waals surface area contributed by atoms with Gasteiger partial charge in [0.2, 0.25) is 0 Å². The second kappa shape index (κ2) is 8.12. The van der Waals surface area contributed by atoms with Crippen molar-refractivity contribution in [3.8, 4) is 0 Å². The van der Waals surface area contributed by atoms with E-state index >= 15 is 0 Å². The normalized spacial score (nSPS) is 18.5. The van der Waals surface area contributed by atoms with Gasteiger partial charge in [-0.2, -0.15) is 0 Å². The molecule has 0 spiro atoms. The van der Waals surface area contributed by atoms with Gasteiger partial charge in [-0.15, -0.1) is 12.4 Å². The molecule has 5 nitrogen and oxygen atoms in total. The van der Waals surface area contributed by atoms with Gasteiger partial charge in [0.25, 0.3) is 5.91 Å². The smallest absolute Gasteiger partial charge is 0.251 e. The van der Waals surface area contributed by atoms with Crippen LogP contribution >= 0.6 is 12.4 Å². The van der Waals surface area contributed by atoms with Crippen molar-refractivity contribution in [2.24, 2.45) is 5.73 Å². The first-order valence-corrected chi connectivity index (χ1v) is 6.06. The lowest BCUT2D eigenvalue weighted by Gasteiger charge is -2.23. The Hall–Kier alpha value is -1.14. The summed E-state index contributed by atoms with van der Waals surface area (Å²) < 4.78 is 10.7. The highest BCUT2D eigenvalue weighted by atomic mass is 35.5. The summed E-state index contributed by atoms with van der Waals surface area (Å²) in [5.74, 6) is -0.104. The Labute approximate surface area is 118 Å².